The second-order valence-electron chi connectivity index (χ2n) is 7.42. The number of carbonyl (C=O) groups is 4. The van der Waals surface area contributed by atoms with Gasteiger partial charge in [0, 0.05) is 17.1 Å². The smallest absolute Gasteiger partial charge is 0.352 e. The Balaban J connectivity index is 1.48. The summed E-state index contributed by atoms with van der Waals surface area (Å²) in [5.74, 6) is -3.89. The van der Waals surface area contributed by atoms with Crippen LogP contribution in [0.5, 0.6) is 5.75 Å². The minimum absolute atomic E-state index is 0.0843. The molecule has 17 heteroatoms. The van der Waals surface area contributed by atoms with Crippen molar-refractivity contribution in [1.82, 2.24) is 30.4 Å². The number of hydrogen-bond donors (Lipinski definition) is 5. The first-order chi connectivity index (χ1) is 17.2. The molecule has 1 aromatic carbocycles. The van der Waals surface area contributed by atoms with Crippen LogP contribution in [-0.2, 0) is 25.7 Å². The molecule has 1 unspecified atom stereocenters. The van der Waals surface area contributed by atoms with E-state index >= 15 is 0 Å². The summed E-state index contributed by atoms with van der Waals surface area (Å²) in [5, 5.41) is 53.3. The molecule has 3 heterocycles. The van der Waals surface area contributed by atoms with E-state index in [4.69, 9.17) is 5.11 Å². The Morgan fingerprint density at radius 2 is 2.06 bits per heavy atom. The highest BCUT2D eigenvalue weighted by Gasteiger charge is 2.54. The van der Waals surface area contributed by atoms with Gasteiger partial charge in [-0.05, 0) is 28.1 Å². The maximum Gasteiger partial charge on any atom is 0.352 e. The molecule has 1 fully saturated rings. The lowest BCUT2D eigenvalue weighted by atomic mass is 10.0. The Morgan fingerprint density at radius 1 is 1.28 bits per heavy atom. The minimum atomic E-state index is -1.34. The topological polar surface area (TPSA) is 220 Å². The summed E-state index contributed by atoms with van der Waals surface area (Å²) in [6, 6.07) is 4.38. The number of phenols is 1. The highest BCUT2D eigenvalue weighted by atomic mass is 32.2. The van der Waals surface area contributed by atoms with Crippen LogP contribution in [0.15, 0.2) is 45.8 Å². The summed E-state index contributed by atoms with van der Waals surface area (Å²) >= 11 is 2.25. The third-order valence-corrected chi connectivity index (χ3v) is 7.51. The van der Waals surface area contributed by atoms with E-state index in [9.17, 15) is 34.6 Å². The van der Waals surface area contributed by atoms with Crippen molar-refractivity contribution in [3.63, 3.8) is 0 Å². The van der Waals surface area contributed by atoms with Gasteiger partial charge >= 0.3 is 11.9 Å². The fourth-order valence-electron chi connectivity index (χ4n) is 3.57. The Kier molecular flexibility index (Phi) is 7.11. The average molecular weight is 536 g/mol. The summed E-state index contributed by atoms with van der Waals surface area (Å²) in [5.41, 5.74) is -0.147. The van der Waals surface area contributed by atoms with Gasteiger partial charge in [0.1, 0.15) is 29.4 Å². The van der Waals surface area contributed by atoms with Gasteiger partial charge in [-0.25, -0.2) is 9.48 Å². The second kappa shape index (κ2) is 10.2. The SMILES string of the molecule is O=C(O)Cn1nnnc1SCC1=C(C(=O)O)N2C(=O)C(NC(=O)C(=NO)c3cccc(O)c3)[C@@H]2SC1. The van der Waals surface area contributed by atoms with Crippen LogP contribution in [0.1, 0.15) is 5.56 Å². The van der Waals surface area contributed by atoms with E-state index in [1.54, 1.807) is 0 Å². The van der Waals surface area contributed by atoms with Gasteiger partial charge in [0.15, 0.2) is 5.71 Å². The van der Waals surface area contributed by atoms with Crippen molar-refractivity contribution in [2.24, 2.45) is 5.16 Å². The van der Waals surface area contributed by atoms with Crippen molar-refractivity contribution in [3.8, 4) is 5.75 Å². The number of carboxylic acid groups (broad SMARTS) is 2. The summed E-state index contributed by atoms with van der Waals surface area (Å²) in [6.07, 6.45) is 0. The molecule has 2 aliphatic heterocycles. The Bertz CT molecular complexity index is 1310. The maximum atomic E-state index is 12.9. The number of phenolic OH excluding ortho intramolecular Hbond substituents is 1. The van der Waals surface area contributed by atoms with E-state index in [0.29, 0.717) is 5.57 Å². The molecule has 2 aliphatic rings. The predicted octanol–water partition coefficient (Wildman–Crippen LogP) is -0.827. The van der Waals surface area contributed by atoms with Crippen LogP contribution >= 0.6 is 23.5 Å². The average Bonchev–Trinajstić information content (AvgIpc) is 3.27. The van der Waals surface area contributed by atoms with Gasteiger partial charge in [-0.15, -0.1) is 16.9 Å². The number of nitrogens with zero attached hydrogens (tertiary/aromatic N) is 6. The highest BCUT2D eigenvalue weighted by molar-refractivity contribution is 8.01. The van der Waals surface area contributed by atoms with Crippen molar-refractivity contribution in [2.45, 2.75) is 23.1 Å². The molecule has 15 nitrogen and oxygen atoms in total. The lowest BCUT2D eigenvalue weighted by Crippen LogP contribution is -2.71. The van der Waals surface area contributed by atoms with Crippen molar-refractivity contribution < 1.29 is 39.7 Å². The van der Waals surface area contributed by atoms with Crippen LogP contribution in [0.2, 0.25) is 0 Å². The molecule has 0 aliphatic carbocycles. The first-order valence-electron chi connectivity index (χ1n) is 10.0. The molecule has 36 heavy (non-hydrogen) atoms. The number of oxime groups is 1. The highest BCUT2D eigenvalue weighted by Crippen LogP contribution is 2.41. The van der Waals surface area contributed by atoms with Gasteiger partial charge in [-0.3, -0.25) is 19.3 Å². The molecule has 4 rings (SSSR count). The van der Waals surface area contributed by atoms with E-state index in [0.717, 1.165) is 21.3 Å². The number of tetrazole rings is 1. The lowest BCUT2D eigenvalue weighted by molar-refractivity contribution is -0.150. The molecular formula is C19H17N7O8S2. The third-order valence-electron chi connectivity index (χ3n) is 5.13. The van der Waals surface area contributed by atoms with E-state index in [1.165, 1.54) is 36.0 Å². The number of amides is 2. The quantitative estimate of drug-likeness (QED) is 0.0871. The number of rotatable bonds is 9. The zero-order chi connectivity index (χ0) is 26.0. The zero-order valence-electron chi connectivity index (χ0n) is 18.0. The molecule has 5 N–H and O–H groups in total. The standard InChI is InChI=1S/C19H17N7O8S2/c27-10-3-1-2-8(4-10)12(22-34)15(30)20-13-16(31)26-14(18(32)33)9(6-35-17(13)26)7-36-19-21-23-24-25(19)5-11(28)29/h1-4,13,17,27,34H,5-7H2,(H,20,30)(H,28,29)(H,32,33)/t13?,17-/m0/s1. The van der Waals surface area contributed by atoms with Crippen molar-refractivity contribution >= 4 is 53.0 Å². The number of benzene rings is 1. The molecule has 1 aromatic heterocycles. The molecule has 1 saturated heterocycles. The number of hydrogen-bond acceptors (Lipinski definition) is 12. The minimum Gasteiger partial charge on any atom is -0.508 e. The maximum absolute atomic E-state index is 12.9. The monoisotopic (exact) mass is 535 g/mol. The van der Waals surface area contributed by atoms with Gasteiger partial charge in [0.25, 0.3) is 11.8 Å². The summed E-state index contributed by atoms with van der Waals surface area (Å²) in [7, 11) is 0. The lowest BCUT2D eigenvalue weighted by Gasteiger charge is -2.49. The number of fused-ring (bicyclic) bond motifs is 1. The van der Waals surface area contributed by atoms with Crippen LogP contribution in [0.3, 0.4) is 0 Å². The van der Waals surface area contributed by atoms with E-state index < -0.39 is 47.4 Å². The fourth-order valence-corrected chi connectivity index (χ4v) is 5.93. The summed E-state index contributed by atoms with van der Waals surface area (Å²) in [6.45, 7) is -0.468. The number of carbonyl (C=O) groups excluding carboxylic acids is 2. The van der Waals surface area contributed by atoms with E-state index in [2.05, 4.69) is 26.0 Å². The normalized spacial score (nSPS) is 19.5. The van der Waals surface area contributed by atoms with Crippen molar-refractivity contribution in [1.29, 1.82) is 0 Å². The number of nitrogens with one attached hydrogen (secondary N) is 1. The first-order valence-corrected chi connectivity index (χ1v) is 12.1. The largest absolute Gasteiger partial charge is 0.508 e. The van der Waals surface area contributed by atoms with Crippen LogP contribution in [0, 0.1) is 0 Å². The Morgan fingerprint density at radius 3 is 2.72 bits per heavy atom. The van der Waals surface area contributed by atoms with Gasteiger partial charge in [-0.2, -0.15) is 0 Å². The summed E-state index contributed by atoms with van der Waals surface area (Å²) in [4.78, 5) is 49.5. The first kappa shape index (κ1) is 25.0. The number of aromatic hydroxyl groups is 1. The molecule has 2 atom stereocenters. The number of β-lactam (4-membered cyclic amide) rings is 1. The molecule has 0 radical (unpaired) electrons. The van der Waals surface area contributed by atoms with Crippen molar-refractivity contribution in [3.05, 3.63) is 41.1 Å². The van der Waals surface area contributed by atoms with Crippen LogP contribution < -0.4 is 5.32 Å². The molecule has 0 spiro atoms. The Hall–Kier alpha value is -4.12. The predicted molar refractivity (Wildman–Crippen MR) is 122 cm³/mol. The van der Waals surface area contributed by atoms with Crippen molar-refractivity contribution in [2.75, 3.05) is 11.5 Å². The van der Waals surface area contributed by atoms with E-state index in [-0.39, 0.29) is 33.7 Å². The number of aromatic nitrogens is 4. The second-order valence-corrected chi connectivity index (χ2v) is 9.47. The molecule has 2 aromatic rings. The third kappa shape index (κ3) is 4.82. The molecule has 0 saturated carbocycles. The fraction of sp³-hybridized carbons (Fsp3) is 0.263. The van der Waals surface area contributed by atoms with E-state index in [1.807, 2.05) is 0 Å². The molecule has 188 valence electrons. The number of carboxylic acids is 2. The van der Waals surface area contributed by atoms with Gasteiger partial charge in [-0.1, -0.05) is 29.1 Å². The Labute approximate surface area is 209 Å². The van der Waals surface area contributed by atoms with Gasteiger partial charge < -0.3 is 25.8 Å². The number of thioether (sulfide) groups is 2. The summed E-state index contributed by atoms with van der Waals surface area (Å²) < 4.78 is 1.06. The van der Waals surface area contributed by atoms with Gasteiger partial charge in [0.2, 0.25) is 5.16 Å². The molecule has 2 amide bonds. The van der Waals surface area contributed by atoms with Crippen LogP contribution in [0.4, 0.5) is 0 Å². The molecule has 0 bridgehead atoms. The van der Waals surface area contributed by atoms with Crippen LogP contribution in [0.25, 0.3) is 0 Å². The zero-order valence-corrected chi connectivity index (χ0v) is 19.6. The van der Waals surface area contributed by atoms with Gasteiger partial charge in [0.05, 0.1) is 0 Å². The van der Waals surface area contributed by atoms with Crippen LogP contribution in [-0.4, -0.2) is 98.0 Å². The molecular weight excluding hydrogens is 518 g/mol. The number of aliphatic carboxylic acids is 2.